The van der Waals surface area contributed by atoms with Crippen molar-refractivity contribution in [3.05, 3.63) is 14.7 Å². The van der Waals surface area contributed by atoms with Crippen molar-refractivity contribution in [3.8, 4) is 0 Å². The van der Waals surface area contributed by atoms with Gasteiger partial charge in [-0.2, -0.15) is 4.31 Å². The molecule has 1 N–H and O–H groups in total. The van der Waals surface area contributed by atoms with E-state index in [2.05, 4.69) is 15.9 Å². The van der Waals surface area contributed by atoms with Gasteiger partial charge in [-0.15, -0.1) is 11.3 Å². The zero-order chi connectivity index (χ0) is 15.8. The molecule has 0 atom stereocenters. The quantitative estimate of drug-likeness (QED) is 0.823. The van der Waals surface area contributed by atoms with Gasteiger partial charge in [-0.3, -0.25) is 4.79 Å². The van der Waals surface area contributed by atoms with Crippen LogP contribution < -0.4 is 0 Å². The summed E-state index contributed by atoms with van der Waals surface area (Å²) in [5, 5.41) is 8.94. The lowest BCUT2D eigenvalue weighted by molar-refractivity contribution is -0.129. The SMILES string of the molecule is CN1CCCN(S(=O)(=O)c2cc(C(=O)O)sc2Br)CC1=O. The molecule has 1 saturated heterocycles. The molecule has 1 fully saturated rings. The number of carbonyl (C=O) groups excluding carboxylic acids is 1. The Morgan fingerprint density at radius 1 is 1.43 bits per heavy atom. The van der Waals surface area contributed by atoms with Gasteiger partial charge in [-0.05, 0) is 28.4 Å². The maximum atomic E-state index is 12.6. The van der Waals surface area contributed by atoms with Crippen LogP contribution in [0.25, 0.3) is 0 Å². The zero-order valence-corrected chi connectivity index (χ0v) is 14.3. The summed E-state index contributed by atoms with van der Waals surface area (Å²) < 4.78 is 26.5. The van der Waals surface area contributed by atoms with Crippen LogP contribution in [0.5, 0.6) is 0 Å². The number of thiophene rings is 1. The number of hydrogen-bond donors (Lipinski definition) is 1. The molecule has 0 bridgehead atoms. The number of aromatic carboxylic acids is 1. The van der Waals surface area contributed by atoms with Gasteiger partial charge in [-0.25, -0.2) is 13.2 Å². The minimum absolute atomic E-state index is 0.0706. The van der Waals surface area contributed by atoms with Gasteiger partial charge in [0.05, 0.1) is 10.3 Å². The second-order valence-corrected chi connectivity index (χ2v) is 8.84. The molecular weight excluding hydrogens is 384 g/mol. The van der Waals surface area contributed by atoms with E-state index in [1.165, 1.54) is 4.90 Å². The number of hydrogen-bond acceptors (Lipinski definition) is 5. The molecular formula is C11H13BrN2O5S2. The first-order valence-electron chi connectivity index (χ1n) is 6.00. The molecule has 1 amide bonds. The van der Waals surface area contributed by atoms with Gasteiger partial charge in [0.1, 0.15) is 9.77 Å². The summed E-state index contributed by atoms with van der Waals surface area (Å²) in [5.41, 5.74) is 0. The van der Waals surface area contributed by atoms with Crippen LogP contribution >= 0.6 is 27.3 Å². The maximum Gasteiger partial charge on any atom is 0.345 e. The van der Waals surface area contributed by atoms with Crippen LogP contribution in [-0.4, -0.2) is 61.3 Å². The number of rotatable bonds is 3. The fraction of sp³-hybridized carbons (Fsp3) is 0.455. The highest BCUT2D eigenvalue weighted by Crippen LogP contribution is 2.33. The number of sulfonamides is 1. The second kappa shape index (κ2) is 6.03. The third-order valence-electron chi connectivity index (χ3n) is 3.12. The lowest BCUT2D eigenvalue weighted by Gasteiger charge is -2.19. The average Bonchev–Trinajstić information content (AvgIpc) is 2.71. The molecule has 7 nitrogen and oxygen atoms in total. The zero-order valence-electron chi connectivity index (χ0n) is 11.1. The largest absolute Gasteiger partial charge is 0.477 e. The van der Waals surface area contributed by atoms with E-state index in [1.54, 1.807) is 7.05 Å². The normalized spacial score (nSPS) is 17.8. The van der Waals surface area contributed by atoms with Crippen molar-refractivity contribution in [2.24, 2.45) is 0 Å². The highest BCUT2D eigenvalue weighted by atomic mass is 79.9. The molecule has 1 aromatic rings. The molecule has 0 radical (unpaired) electrons. The molecule has 1 aliphatic rings. The second-order valence-electron chi connectivity index (χ2n) is 4.56. The third kappa shape index (κ3) is 3.28. The van der Waals surface area contributed by atoms with Crippen molar-refractivity contribution in [2.75, 3.05) is 26.7 Å². The Morgan fingerprint density at radius 2 is 2.10 bits per heavy atom. The van der Waals surface area contributed by atoms with Gasteiger partial charge >= 0.3 is 5.97 Å². The molecule has 0 aliphatic carbocycles. The summed E-state index contributed by atoms with van der Waals surface area (Å²) in [6, 6.07) is 1.12. The number of halogens is 1. The lowest BCUT2D eigenvalue weighted by atomic mass is 10.4. The Kier molecular flexibility index (Phi) is 4.71. The molecule has 10 heteroatoms. The minimum atomic E-state index is -3.90. The van der Waals surface area contributed by atoms with Crippen molar-refractivity contribution in [1.82, 2.24) is 9.21 Å². The Hall–Kier alpha value is -0.970. The smallest absolute Gasteiger partial charge is 0.345 e. The molecule has 0 spiro atoms. The fourth-order valence-corrected chi connectivity index (χ4v) is 5.72. The first-order chi connectivity index (χ1) is 9.73. The third-order valence-corrected chi connectivity index (χ3v) is 7.21. The monoisotopic (exact) mass is 396 g/mol. The van der Waals surface area contributed by atoms with E-state index in [0.717, 1.165) is 21.7 Å². The first kappa shape index (κ1) is 16.4. The van der Waals surface area contributed by atoms with E-state index in [0.29, 0.717) is 13.0 Å². The number of carboxylic acids is 1. The van der Waals surface area contributed by atoms with Gasteiger partial charge in [0, 0.05) is 20.1 Å². The van der Waals surface area contributed by atoms with Crippen LogP contribution in [-0.2, 0) is 14.8 Å². The van der Waals surface area contributed by atoms with Gasteiger partial charge in [0.15, 0.2) is 0 Å². The van der Waals surface area contributed by atoms with E-state index >= 15 is 0 Å². The summed E-state index contributed by atoms with van der Waals surface area (Å²) in [6.45, 7) is 0.489. The molecule has 116 valence electrons. The summed E-state index contributed by atoms with van der Waals surface area (Å²) in [4.78, 5) is 24.1. The Bertz CT molecular complexity index is 685. The van der Waals surface area contributed by atoms with E-state index in [1.807, 2.05) is 0 Å². The molecule has 2 rings (SSSR count). The van der Waals surface area contributed by atoms with Crippen LogP contribution in [0.2, 0.25) is 0 Å². The van der Waals surface area contributed by atoms with Crippen LogP contribution in [0.15, 0.2) is 14.7 Å². The molecule has 0 aromatic carbocycles. The van der Waals surface area contributed by atoms with E-state index in [4.69, 9.17) is 5.11 Å². The average molecular weight is 397 g/mol. The van der Waals surface area contributed by atoms with Crippen molar-refractivity contribution in [1.29, 1.82) is 0 Å². The van der Waals surface area contributed by atoms with Crippen molar-refractivity contribution < 1.29 is 23.1 Å². The maximum absolute atomic E-state index is 12.6. The number of carbonyl (C=O) groups is 2. The minimum Gasteiger partial charge on any atom is -0.477 e. The van der Waals surface area contributed by atoms with Gasteiger partial charge in [0.2, 0.25) is 15.9 Å². The number of likely N-dealkylation sites (N-methyl/N-ethyl adjacent to an activating group) is 1. The first-order valence-corrected chi connectivity index (χ1v) is 9.05. The molecule has 0 saturated carbocycles. The number of amides is 1. The predicted molar refractivity (Wildman–Crippen MR) is 80.0 cm³/mol. The molecule has 2 heterocycles. The van der Waals surface area contributed by atoms with Crippen molar-refractivity contribution in [2.45, 2.75) is 11.3 Å². The van der Waals surface area contributed by atoms with Gasteiger partial charge < -0.3 is 10.0 Å². The van der Waals surface area contributed by atoms with Crippen LogP contribution in [0.4, 0.5) is 0 Å². The molecule has 1 aromatic heterocycles. The van der Waals surface area contributed by atoms with Gasteiger partial charge in [0.25, 0.3) is 0 Å². The molecule has 1 aliphatic heterocycles. The molecule has 21 heavy (non-hydrogen) atoms. The highest BCUT2D eigenvalue weighted by Gasteiger charge is 2.32. The summed E-state index contributed by atoms with van der Waals surface area (Å²) in [7, 11) is -2.27. The topological polar surface area (TPSA) is 95.0 Å². The van der Waals surface area contributed by atoms with Crippen LogP contribution in [0.1, 0.15) is 16.1 Å². The highest BCUT2D eigenvalue weighted by molar-refractivity contribution is 9.11. The van der Waals surface area contributed by atoms with Crippen LogP contribution in [0, 0.1) is 0 Å². The van der Waals surface area contributed by atoms with Crippen LogP contribution in [0.3, 0.4) is 0 Å². The summed E-state index contributed by atoms with van der Waals surface area (Å²) in [6.07, 6.45) is 0.537. The Morgan fingerprint density at radius 3 is 2.67 bits per heavy atom. The van der Waals surface area contributed by atoms with Crippen molar-refractivity contribution in [3.63, 3.8) is 0 Å². The predicted octanol–water partition coefficient (Wildman–Crippen LogP) is 1.06. The summed E-state index contributed by atoms with van der Waals surface area (Å²) in [5.74, 6) is -1.46. The van der Waals surface area contributed by atoms with E-state index in [9.17, 15) is 18.0 Å². The van der Waals surface area contributed by atoms with Crippen molar-refractivity contribution >= 4 is 49.2 Å². The Balaban J connectivity index is 2.37. The fourth-order valence-electron chi connectivity index (χ4n) is 1.94. The number of nitrogens with zero attached hydrogens (tertiary/aromatic N) is 2. The van der Waals surface area contributed by atoms with E-state index in [-0.39, 0.29) is 32.6 Å². The molecule has 0 unspecified atom stereocenters. The van der Waals surface area contributed by atoms with E-state index < -0.39 is 16.0 Å². The standard InChI is InChI=1S/C11H13BrN2O5S2/c1-13-3-2-4-14(6-9(13)15)21(18,19)8-5-7(11(16)17)20-10(8)12/h5H,2-4,6H2,1H3,(H,16,17). The number of carboxylic acid groups (broad SMARTS) is 1. The summed E-state index contributed by atoms with van der Waals surface area (Å²) >= 11 is 3.92. The lowest BCUT2D eigenvalue weighted by Crippen LogP contribution is -2.37. The Labute approximate surface area is 134 Å². The van der Waals surface area contributed by atoms with Gasteiger partial charge in [-0.1, -0.05) is 0 Å².